The standard InChI is InChI=1S/C19H23NO3/c1-4-10-20-19(22)15(11-13(2)3)12-16(21)18-17(23-18)14-8-6-5-7-9-14/h1,5-9,13,15,17-18H,10-12H2,2-3H3,(H,20,22)/t15-,17?,18?/m1/s1. The van der Waals surface area contributed by atoms with Gasteiger partial charge in [0.05, 0.1) is 6.54 Å². The molecule has 2 unspecified atom stereocenters. The minimum atomic E-state index is -0.424. The van der Waals surface area contributed by atoms with Gasteiger partial charge in [0.15, 0.2) is 5.78 Å². The molecule has 1 amide bonds. The molecule has 1 aromatic carbocycles. The Labute approximate surface area is 137 Å². The summed E-state index contributed by atoms with van der Waals surface area (Å²) in [6.07, 6.45) is 5.43. The van der Waals surface area contributed by atoms with Crippen molar-refractivity contribution >= 4 is 11.7 Å². The zero-order valence-corrected chi connectivity index (χ0v) is 13.6. The van der Waals surface area contributed by atoms with Gasteiger partial charge in [-0.3, -0.25) is 9.59 Å². The molecule has 1 saturated heterocycles. The van der Waals surface area contributed by atoms with Gasteiger partial charge in [0.1, 0.15) is 12.2 Å². The van der Waals surface area contributed by atoms with E-state index in [4.69, 9.17) is 11.2 Å². The fourth-order valence-electron chi connectivity index (χ4n) is 2.75. The summed E-state index contributed by atoms with van der Waals surface area (Å²) in [7, 11) is 0. The van der Waals surface area contributed by atoms with E-state index < -0.39 is 6.10 Å². The summed E-state index contributed by atoms with van der Waals surface area (Å²) in [4.78, 5) is 24.6. The summed E-state index contributed by atoms with van der Waals surface area (Å²) in [6.45, 7) is 4.26. The van der Waals surface area contributed by atoms with Crippen molar-refractivity contribution < 1.29 is 14.3 Å². The van der Waals surface area contributed by atoms with E-state index in [0.29, 0.717) is 12.3 Å². The van der Waals surface area contributed by atoms with E-state index in [1.165, 1.54) is 0 Å². The molecule has 0 bridgehead atoms. The lowest BCUT2D eigenvalue weighted by Crippen LogP contribution is -2.33. The predicted octanol–water partition coefficient (Wildman–Crippen LogP) is 2.50. The Kier molecular flexibility index (Phi) is 5.95. The van der Waals surface area contributed by atoms with Gasteiger partial charge in [-0.1, -0.05) is 50.1 Å². The smallest absolute Gasteiger partial charge is 0.224 e. The summed E-state index contributed by atoms with van der Waals surface area (Å²) in [5.41, 5.74) is 1.00. The third-order valence-corrected chi connectivity index (χ3v) is 3.88. The normalized spacial score (nSPS) is 20.6. The van der Waals surface area contributed by atoms with Crippen LogP contribution in [0.25, 0.3) is 0 Å². The van der Waals surface area contributed by atoms with Crippen LogP contribution in [0.2, 0.25) is 0 Å². The first-order valence-electron chi connectivity index (χ1n) is 7.97. The lowest BCUT2D eigenvalue weighted by Gasteiger charge is -2.17. The maximum atomic E-state index is 12.4. The molecule has 3 atom stereocenters. The minimum Gasteiger partial charge on any atom is -0.356 e. The Morgan fingerprint density at radius 1 is 1.30 bits per heavy atom. The van der Waals surface area contributed by atoms with Crippen molar-refractivity contribution in [2.75, 3.05) is 6.54 Å². The van der Waals surface area contributed by atoms with E-state index in [0.717, 1.165) is 5.56 Å². The molecule has 2 rings (SSSR count). The van der Waals surface area contributed by atoms with E-state index >= 15 is 0 Å². The van der Waals surface area contributed by atoms with Crippen LogP contribution in [-0.4, -0.2) is 24.3 Å². The van der Waals surface area contributed by atoms with Gasteiger partial charge in [0.2, 0.25) is 5.91 Å². The Bertz CT molecular complexity index is 588. The summed E-state index contributed by atoms with van der Waals surface area (Å²) in [5, 5.41) is 2.68. The van der Waals surface area contributed by atoms with Crippen molar-refractivity contribution in [2.45, 2.75) is 38.9 Å². The summed E-state index contributed by atoms with van der Waals surface area (Å²) < 4.78 is 5.52. The number of carbonyl (C=O) groups is 2. The first-order chi connectivity index (χ1) is 11.0. The Morgan fingerprint density at radius 3 is 2.61 bits per heavy atom. The van der Waals surface area contributed by atoms with E-state index in [1.807, 2.05) is 44.2 Å². The van der Waals surface area contributed by atoms with Crippen LogP contribution in [0.15, 0.2) is 30.3 Å². The zero-order valence-electron chi connectivity index (χ0n) is 13.6. The van der Waals surface area contributed by atoms with Gasteiger partial charge in [-0.2, -0.15) is 0 Å². The second kappa shape index (κ2) is 7.94. The van der Waals surface area contributed by atoms with Crippen LogP contribution in [0, 0.1) is 24.2 Å². The number of ketones is 1. The van der Waals surface area contributed by atoms with E-state index in [9.17, 15) is 9.59 Å². The van der Waals surface area contributed by atoms with Crippen LogP contribution in [-0.2, 0) is 14.3 Å². The third kappa shape index (κ3) is 4.94. The second-order valence-corrected chi connectivity index (χ2v) is 6.31. The Morgan fingerprint density at radius 2 is 2.00 bits per heavy atom. The topological polar surface area (TPSA) is 58.7 Å². The Hall–Kier alpha value is -2.12. The van der Waals surface area contributed by atoms with Crippen LogP contribution < -0.4 is 5.32 Å². The first-order valence-corrected chi connectivity index (χ1v) is 7.97. The molecule has 0 aromatic heterocycles. The zero-order chi connectivity index (χ0) is 16.8. The fraction of sp³-hybridized carbons (Fsp3) is 0.474. The molecule has 4 nitrogen and oxygen atoms in total. The number of amides is 1. The number of nitrogens with one attached hydrogen (secondary N) is 1. The second-order valence-electron chi connectivity index (χ2n) is 6.31. The molecule has 23 heavy (non-hydrogen) atoms. The van der Waals surface area contributed by atoms with Crippen LogP contribution in [0.4, 0.5) is 0 Å². The summed E-state index contributed by atoms with van der Waals surface area (Å²) in [5.74, 6) is 2.20. The number of epoxide rings is 1. The largest absolute Gasteiger partial charge is 0.356 e. The van der Waals surface area contributed by atoms with Gasteiger partial charge in [0.25, 0.3) is 0 Å². The maximum Gasteiger partial charge on any atom is 0.224 e. The number of benzene rings is 1. The summed E-state index contributed by atoms with van der Waals surface area (Å²) >= 11 is 0. The molecule has 1 aliphatic heterocycles. The molecule has 0 aliphatic carbocycles. The van der Waals surface area contributed by atoms with Gasteiger partial charge in [-0.15, -0.1) is 6.42 Å². The molecular formula is C19H23NO3. The lowest BCUT2D eigenvalue weighted by molar-refractivity contribution is -0.130. The highest BCUT2D eigenvalue weighted by Crippen LogP contribution is 2.40. The molecule has 1 aliphatic rings. The SMILES string of the molecule is C#CCNC(=O)[C@@H](CC(=O)C1OC1c1ccccc1)CC(C)C. The van der Waals surface area contributed by atoms with Gasteiger partial charge in [0, 0.05) is 12.3 Å². The van der Waals surface area contributed by atoms with Crippen molar-refractivity contribution in [3.05, 3.63) is 35.9 Å². The Balaban J connectivity index is 1.93. The lowest BCUT2D eigenvalue weighted by atomic mass is 9.90. The van der Waals surface area contributed by atoms with Crippen LogP contribution in [0.1, 0.15) is 38.4 Å². The number of hydrogen-bond donors (Lipinski definition) is 1. The van der Waals surface area contributed by atoms with Crippen LogP contribution in [0.3, 0.4) is 0 Å². The molecule has 122 valence electrons. The third-order valence-electron chi connectivity index (χ3n) is 3.88. The van der Waals surface area contributed by atoms with Gasteiger partial charge < -0.3 is 10.1 Å². The highest BCUT2D eigenvalue weighted by atomic mass is 16.6. The molecule has 1 aromatic rings. The average Bonchev–Trinajstić information content (AvgIpc) is 3.33. The van der Waals surface area contributed by atoms with Crippen molar-refractivity contribution in [3.63, 3.8) is 0 Å². The van der Waals surface area contributed by atoms with E-state index in [-0.39, 0.29) is 36.7 Å². The van der Waals surface area contributed by atoms with Gasteiger partial charge in [-0.25, -0.2) is 0 Å². The maximum absolute atomic E-state index is 12.4. The monoisotopic (exact) mass is 313 g/mol. The number of ether oxygens (including phenoxy) is 1. The first kappa shape index (κ1) is 17.2. The molecular weight excluding hydrogens is 290 g/mol. The predicted molar refractivity (Wildman–Crippen MR) is 88.5 cm³/mol. The number of hydrogen-bond acceptors (Lipinski definition) is 3. The average molecular weight is 313 g/mol. The highest BCUT2D eigenvalue weighted by molar-refractivity contribution is 5.91. The minimum absolute atomic E-state index is 0.0136. The molecule has 1 N–H and O–H groups in total. The number of Topliss-reactive ketones (excluding diaryl/α,β-unsaturated/α-hetero) is 1. The van der Waals surface area contributed by atoms with Crippen LogP contribution >= 0.6 is 0 Å². The van der Waals surface area contributed by atoms with E-state index in [2.05, 4.69) is 11.2 Å². The van der Waals surface area contributed by atoms with Crippen molar-refractivity contribution in [2.24, 2.45) is 11.8 Å². The number of carbonyl (C=O) groups excluding carboxylic acids is 2. The molecule has 0 spiro atoms. The van der Waals surface area contributed by atoms with E-state index in [1.54, 1.807) is 0 Å². The molecule has 1 fully saturated rings. The molecule has 0 radical (unpaired) electrons. The quantitative estimate of drug-likeness (QED) is 0.592. The molecule has 1 heterocycles. The summed E-state index contributed by atoms with van der Waals surface area (Å²) in [6, 6.07) is 9.67. The van der Waals surface area contributed by atoms with Crippen molar-refractivity contribution in [1.29, 1.82) is 0 Å². The van der Waals surface area contributed by atoms with Gasteiger partial charge >= 0.3 is 0 Å². The van der Waals surface area contributed by atoms with Crippen molar-refractivity contribution in [1.82, 2.24) is 5.32 Å². The van der Waals surface area contributed by atoms with Gasteiger partial charge in [-0.05, 0) is 17.9 Å². The fourth-order valence-corrected chi connectivity index (χ4v) is 2.75. The molecule has 4 heteroatoms. The number of rotatable bonds is 8. The molecule has 0 saturated carbocycles. The van der Waals surface area contributed by atoms with Crippen molar-refractivity contribution in [3.8, 4) is 12.3 Å². The highest BCUT2D eigenvalue weighted by Gasteiger charge is 2.46. The number of terminal acetylenes is 1. The van der Waals surface area contributed by atoms with Crippen LogP contribution in [0.5, 0.6) is 0 Å².